The molecule has 0 saturated carbocycles. The van der Waals surface area contributed by atoms with E-state index in [1.807, 2.05) is 0 Å². The number of nitrogens with one attached hydrogen (secondary N) is 1. The number of aliphatic hydroxyl groups is 2. The lowest BCUT2D eigenvalue weighted by Crippen LogP contribution is -2.05. The maximum atomic E-state index is 11.1. The van der Waals surface area contributed by atoms with Gasteiger partial charge < -0.3 is 25.0 Å². The van der Waals surface area contributed by atoms with Crippen molar-refractivity contribution in [2.45, 2.75) is 13.2 Å². The second-order valence-corrected chi connectivity index (χ2v) is 4.60. The number of ether oxygens (including phenoxy) is 2. The van der Waals surface area contributed by atoms with Crippen LogP contribution in [0, 0.1) is 0 Å². The van der Waals surface area contributed by atoms with Crippen LogP contribution >= 0.6 is 0 Å². The zero-order valence-electron chi connectivity index (χ0n) is 12.2. The first kappa shape index (κ1) is 15.8. The Bertz CT molecular complexity index is 669. The first-order chi connectivity index (χ1) is 10.5. The molecule has 0 radical (unpaired) electrons. The summed E-state index contributed by atoms with van der Waals surface area (Å²) in [5, 5.41) is 21.0. The summed E-state index contributed by atoms with van der Waals surface area (Å²) in [5.41, 5.74) is 0.919. The van der Waals surface area contributed by atoms with E-state index in [1.165, 1.54) is 20.1 Å². The predicted octanol–water partition coefficient (Wildman–Crippen LogP) is 2.43. The van der Waals surface area contributed by atoms with E-state index in [2.05, 4.69) is 5.32 Å². The molecule has 0 spiro atoms. The molecule has 2 aromatic carbocycles. The lowest BCUT2D eigenvalue weighted by atomic mass is 10.2. The zero-order chi connectivity index (χ0) is 16.1. The maximum Gasteiger partial charge on any atom is 0.221 e. The van der Waals surface area contributed by atoms with Crippen LogP contribution in [0.3, 0.4) is 0 Å². The highest BCUT2D eigenvalue weighted by Gasteiger charge is 2.09. The molecule has 0 aliphatic carbocycles. The second-order valence-electron chi connectivity index (χ2n) is 4.60. The van der Waals surface area contributed by atoms with Gasteiger partial charge in [-0.1, -0.05) is 12.1 Å². The van der Waals surface area contributed by atoms with Gasteiger partial charge in [0.2, 0.25) is 5.91 Å². The standard InChI is InChI=1S/C16H17NO5/c1-10(18)17-12-6-7-14(15(9-12)21-2)22-13-5-3-4-11(8-13)16(19)20/h3-9,16,19-20H,1-2H3,(H,17,18). The quantitative estimate of drug-likeness (QED) is 0.738. The van der Waals surface area contributed by atoms with Gasteiger partial charge in [0.15, 0.2) is 17.8 Å². The van der Waals surface area contributed by atoms with Crippen molar-refractivity contribution in [3.63, 3.8) is 0 Å². The van der Waals surface area contributed by atoms with E-state index in [4.69, 9.17) is 9.47 Å². The highest BCUT2D eigenvalue weighted by atomic mass is 16.5. The third kappa shape index (κ3) is 3.97. The largest absolute Gasteiger partial charge is 0.493 e. The molecule has 0 aromatic heterocycles. The molecule has 2 aromatic rings. The summed E-state index contributed by atoms with van der Waals surface area (Å²) in [6, 6.07) is 11.4. The van der Waals surface area contributed by atoms with Crippen LogP contribution in [0.25, 0.3) is 0 Å². The topological polar surface area (TPSA) is 88.0 Å². The first-order valence-corrected chi connectivity index (χ1v) is 6.59. The Kier molecular flexibility index (Phi) is 4.98. The summed E-state index contributed by atoms with van der Waals surface area (Å²) in [6.07, 6.45) is -1.56. The minimum absolute atomic E-state index is 0.180. The normalized spacial score (nSPS) is 10.4. The van der Waals surface area contributed by atoms with E-state index < -0.39 is 6.29 Å². The number of aliphatic hydroxyl groups excluding tert-OH is 1. The summed E-state index contributed by atoms with van der Waals surface area (Å²) < 4.78 is 10.9. The van der Waals surface area contributed by atoms with E-state index in [1.54, 1.807) is 36.4 Å². The molecule has 0 unspecified atom stereocenters. The first-order valence-electron chi connectivity index (χ1n) is 6.59. The number of methoxy groups -OCH3 is 1. The fraction of sp³-hybridized carbons (Fsp3) is 0.188. The zero-order valence-corrected chi connectivity index (χ0v) is 12.2. The van der Waals surface area contributed by atoms with Gasteiger partial charge in [0.25, 0.3) is 0 Å². The van der Waals surface area contributed by atoms with Gasteiger partial charge in [0.1, 0.15) is 5.75 Å². The molecule has 3 N–H and O–H groups in total. The average Bonchev–Trinajstić information content (AvgIpc) is 2.48. The molecule has 1 amide bonds. The summed E-state index contributed by atoms with van der Waals surface area (Å²) >= 11 is 0. The Morgan fingerprint density at radius 3 is 2.55 bits per heavy atom. The van der Waals surface area contributed by atoms with E-state index in [-0.39, 0.29) is 5.91 Å². The molecule has 116 valence electrons. The molecule has 0 aliphatic rings. The molecule has 6 nitrogen and oxygen atoms in total. The Morgan fingerprint density at radius 1 is 1.14 bits per heavy atom. The van der Waals surface area contributed by atoms with Crippen LogP contribution in [0.1, 0.15) is 18.8 Å². The molecule has 0 heterocycles. The third-order valence-electron chi connectivity index (χ3n) is 2.87. The lowest BCUT2D eigenvalue weighted by Gasteiger charge is -2.13. The maximum absolute atomic E-state index is 11.1. The minimum Gasteiger partial charge on any atom is -0.493 e. The van der Waals surface area contributed by atoms with Crippen LogP contribution in [-0.2, 0) is 4.79 Å². The highest BCUT2D eigenvalue weighted by molar-refractivity contribution is 5.89. The molecule has 2 rings (SSSR count). The molecular formula is C16H17NO5. The number of hydrogen-bond donors (Lipinski definition) is 3. The summed E-state index contributed by atoms with van der Waals surface area (Å²) in [7, 11) is 1.49. The van der Waals surface area contributed by atoms with Gasteiger partial charge in [-0.3, -0.25) is 4.79 Å². The Labute approximate surface area is 127 Å². The summed E-state index contributed by atoms with van der Waals surface area (Å²) in [6.45, 7) is 1.42. The van der Waals surface area contributed by atoms with Gasteiger partial charge in [-0.15, -0.1) is 0 Å². The molecule has 22 heavy (non-hydrogen) atoms. The minimum atomic E-state index is -1.56. The van der Waals surface area contributed by atoms with Crippen LogP contribution in [0.5, 0.6) is 17.2 Å². The van der Waals surface area contributed by atoms with Crippen LogP contribution in [0.15, 0.2) is 42.5 Å². The smallest absolute Gasteiger partial charge is 0.221 e. The van der Waals surface area contributed by atoms with E-state index >= 15 is 0 Å². The molecule has 0 saturated heterocycles. The second kappa shape index (κ2) is 6.93. The van der Waals surface area contributed by atoms with Crippen molar-refractivity contribution in [2.75, 3.05) is 12.4 Å². The predicted molar refractivity (Wildman–Crippen MR) is 81.0 cm³/mol. The van der Waals surface area contributed by atoms with Gasteiger partial charge in [-0.25, -0.2) is 0 Å². The van der Waals surface area contributed by atoms with Crippen LogP contribution in [0.2, 0.25) is 0 Å². The third-order valence-corrected chi connectivity index (χ3v) is 2.87. The number of carbonyl (C=O) groups excluding carboxylic acids is 1. The molecule has 6 heteroatoms. The summed E-state index contributed by atoms with van der Waals surface area (Å²) in [5.74, 6) is 1.15. The van der Waals surface area contributed by atoms with Crippen molar-refractivity contribution in [1.29, 1.82) is 0 Å². The number of hydrogen-bond acceptors (Lipinski definition) is 5. The number of rotatable bonds is 5. The number of carbonyl (C=O) groups is 1. The summed E-state index contributed by atoms with van der Waals surface area (Å²) in [4.78, 5) is 11.1. The van der Waals surface area contributed by atoms with E-state index in [0.29, 0.717) is 28.5 Å². The van der Waals surface area contributed by atoms with Gasteiger partial charge >= 0.3 is 0 Å². The van der Waals surface area contributed by atoms with Gasteiger partial charge in [-0.05, 0) is 24.3 Å². The number of anilines is 1. The van der Waals surface area contributed by atoms with Crippen molar-refractivity contribution >= 4 is 11.6 Å². The van der Waals surface area contributed by atoms with E-state index in [0.717, 1.165) is 0 Å². The average molecular weight is 303 g/mol. The van der Waals surface area contributed by atoms with Crippen molar-refractivity contribution in [1.82, 2.24) is 0 Å². The molecule has 0 atom stereocenters. The highest BCUT2D eigenvalue weighted by Crippen LogP contribution is 2.34. The fourth-order valence-corrected chi connectivity index (χ4v) is 1.90. The van der Waals surface area contributed by atoms with Gasteiger partial charge in [-0.2, -0.15) is 0 Å². The lowest BCUT2D eigenvalue weighted by molar-refractivity contribution is -0.114. The molecule has 0 bridgehead atoms. The monoisotopic (exact) mass is 303 g/mol. The Balaban J connectivity index is 2.25. The van der Waals surface area contributed by atoms with Crippen LogP contribution < -0.4 is 14.8 Å². The van der Waals surface area contributed by atoms with Gasteiger partial charge in [0, 0.05) is 24.2 Å². The SMILES string of the molecule is COc1cc(NC(C)=O)ccc1Oc1cccc(C(O)O)c1. The van der Waals surface area contributed by atoms with E-state index in [9.17, 15) is 15.0 Å². The van der Waals surface area contributed by atoms with Crippen molar-refractivity contribution in [3.8, 4) is 17.2 Å². The molecule has 0 fully saturated rings. The Morgan fingerprint density at radius 2 is 1.91 bits per heavy atom. The molecular weight excluding hydrogens is 286 g/mol. The van der Waals surface area contributed by atoms with Crippen LogP contribution in [-0.4, -0.2) is 23.2 Å². The van der Waals surface area contributed by atoms with Gasteiger partial charge in [0.05, 0.1) is 7.11 Å². The fourth-order valence-electron chi connectivity index (χ4n) is 1.90. The number of benzene rings is 2. The Hall–Kier alpha value is -2.57. The van der Waals surface area contributed by atoms with Crippen molar-refractivity contribution in [2.24, 2.45) is 0 Å². The van der Waals surface area contributed by atoms with Crippen molar-refractivity contribution in [3.05, 3.63) is 48.0 Å². The number of amides is 1. The van der Waals surface area contributed by atoms with Crippen molar-refractivity contribution < 1.29 is 24.5 Å². The van der Waals surface area contributed by atoms with Crippen LogP contribution in [0.4, 0.5) is 5.69 Å². The molecule has 0 aliphatic heterocycles.